The summed E-state index contributed by atoms with van der Waals surface area (Å²) in [5.74, 6) is 0.470. The number of carbonyl (C=O) groups excluding carboxylic acids is 1. The van der Waals surface area contributed by atoms with Crippen LogP contribution in [-0.2, 0) is 19.4 Å². The molecule has 0 bridgehead atoms. The molecule has 140 valence electrons. The van der Waals surface area contributed by atoms with E-state index < -0.39 is 0 Å². The summed E-state index contributed by atoms with van der Waals surface area (Å²) in [6, 6.07) is 5.25. The molecule has 4 rings (SSSR count). The Balaban J connectivity index is 1.63. The van der Waals surface area contributed by atoms with E-state index in [0.717, 1.165) is 30.5 Å². The maximum atomic E-state index is 12.7. The second-order valence-electron chi connectivity index (χ2n) is 7.14. The van der Waals surface area contributed by atoms with Crippen molar-refractivity contribution in [1.82, 2.24) is 14.5 Å². The zero-order valence-corrected chi connectivity index (χ0v) is 16.5. The highest BCUT2D eigenvalue weighted by Crippen LogP contribution is 2.32. The molecule has 1 unspecified atom stereocenters. The van der Waals surface area contributed by atoms with Crippen LogP contribution in [0.25, 0.3) is 11.0 Å². The molecule has 0 saturated heterocycles. The topological polar surface area (TPSA) is 76.9 Å². The number of aryl methyl sites for hydroxylation is 3. The van der Waals surface area contributed by atoms with Gasteiger partial charge in [-0.2, -0.15) is 0 Å². The highest BCUT2D eigenvalue weighted by molar-refractivity contribution is 7.15. The molecule has 3 aromatic rings. The van der Waals surface area contributed by atoms with Crippen LogP contribution in [0, 0.1) is 12.8 Å². The third kappa shape index (κ3) is 3.27. The maximum Gasteiger partial charge on any atom is 0.272 e. The van der Waals surface area contributed by atoms with E-state index in [1.807, 2.05) is 6.92 Å². The van der Waals surface area contributed by atoms with Crippen LogP contribution in [0.1, 0.15) is 46.9 Å². The van der Waals surface area contributed by atoms with Gasteiger partial charge in [0, 0.05) is 17.0 Å². The molecule has 0 spiro atoms. The highest BCUT2D eigenvalue weighted by Gasteiger charge is 2.21. The normalized spacial score (nSPS) is 16.3. The molecule has 0 fully saturated rings. The van der Waals surface area contributed by atoms with Gasteiger partial charge in [-0.3, -0.25) is 14.9 Å². The van der Waals surface area contributed by atoms with Crippen molar-refractivity contribution in [3.8, 4) is 0 Å². The standard InChI is InChI=1S/C20H22N4O2S/c1-4-24-16-8-6-13(10-15(16)21-12(3)19(24)26)18(25)23-20-22-14-7-5-11(2)9-17(14)27-20/h6,8,10-11H,4-5,7,9H2,1-3H3,(H,22,23,25). The molecule has 1 atom stereocenters. The first kappa shape index (κ1) is 17.9. The van der Waals surface area contributed by atoms with Gasteiger partial charge in [-0.1, -0.05) is 6.92 Å². The Morgan fingerprint density at radius 1 is 1.37 bits per heavy atom. The third-order valence-corrected chi connectivity index (χ3v) is 6.13. The number of fused-ring (bicyclic) bond motifs is 2. The van der Waals surface area contributed by atoms with E-state index in [0.29, 0.717) is 34.4 Å². The van der Waals surface area contributed by atoms with Crippen molar-refractivity contribution in [1.29, 1.82) is 0 Å². The van der Waals surface area contributed by atoms with Crippen LogP contribution < -0.4 is 10.9 Å². The van der Waals surface area contributed by atoms with E-state index in [1.165, 1.54) is 4.88 Å². The summed E-state index contributed by atoms with van der Waals surface area (Å²) in [4.78, 5) is 35.2. The minimum Gasteiger partial charge on any atom is -0.305 e. The van der Waals surface area contributed by atoms with Crippen LogP contribution in [0.4, 0.5) is 5.13 Å². The van der Waals surface area contributed by atoms with E-state index in [-0.39, 0.29) is 11.5 Å². The molecule has 1 aliphatic carbocycles. The first-order valence-corrected chi connectivity index (χ1v) is 10.1. The Labute approximate surface area is 161 Å². The Morgan fingerprint density at radius 3 is 2.96 bits per heavy atom. The van der Waals surface area contributed by atoms with Gasteiger partial charge < -0.3 is 4.57 Å². The molecule has 1 N–H and O–H groups in total. The number of anilines is 1. The smallest absolute Gasteiger partial charge is 0.272 e. The fourth-order valence-corrected chi connectivity index (χ4v) is 4.76. The van der Waals surface area contributed by atoms with Crippen LogP contribution in [0.15, 0.2) is 23.0 Å². The van der Waals surface area contributed by atoms with Crippen LogP contribution in [0.5, 0.6) is 0 Å². The molecular formula is C20H22N4O2S. The predicted molar refractivity (Wildman–Crippen MR) is 108 cm³/mol. The van der Waals surface area contributed by atoms with Gasteiger partial charge in [0.2, 0.25) is 0 Å². The monoisotopic (exact) mass is 382 g/mol. The second-order valence-corrected chi connectivity index (χ2v) is 8.22. The van der Waals surface area contributed by atoms with Crippen molar-refractivity contribution < 1.29 is 4.79 Å². The first-order valence-electron chi connectivity index (χ1n) is 9.27. The van der Waals surface area contributed by atoms with Crippen LogP contribution in [-0.4, -0.2) is 20.4 Å². The molecular weight excluding hydrogens is 360 g/mol. The molecule has 2 heterocycles. The number of benzene rings is 1. The third-order valence-electron chi connectivity index (χ3n) is 5.09. The predicted octanol–water partition coefficient (Wildman–Crippen LogP) is 3.56. The highest BCUT2D eigenvalue weighted by atomic mass is 32.1. The summed E-state index contributed by atoms with van der Waals surface area (Å²) >= 11 is 1.57. The number of aromatic nitrogens is 3. The van der Waals surface area contributed by atoms with E-state index in [2.05, 4.69) is 22.2 Å². The van der Waals surface area contributed by atoms with Crippen molar-refractivity contribution in [3.63, 3.8) is 0 Å². The average molecular weight is 382 g/mol. The Bertz CT molecular complexity index is 1100. The Kier molecular flexibility index (Phi) is 4.55. The van der Waals surface area contributed by atoms with Crippen molar-refractivity contribution in [2.24, 2.45) is 5.92 Å². The fraction of sp³-hybridized carbons (Fsp3) is 0.400. The lowest BCUT2D eigenvalue weighted by Crippen LogP contribution is -2.23. The molecule has 0 saturated carbocycles. The van der Waals surface area contributed by atoms with Crippen molar-refractivity contribution >= 4 is 33.4 Å². The second kappa shape index (κ2) is 6.88. The van der Waals surface area contributed by atoms with E-state index in [9.17, 15) is 9.59 Å². The van der Waals surface area contributed by atoms with Gasteiger partial charge in [0.1, 0.15) is 5.69 Å². The number of hydrogen-bond acceptors (Lipinski definition) is 5. The SMILES string of the molecule is CCn1c(=O)c(C)nc2cc(C(=O)Nc3nc4c(s3)CC(C)CC4)ccc21. The van der Waals surface area contributed by atoms with Crippen molar-refractivity contribution in [3.05, 3.63) is 50.4 Å². The summed E-state index contributed by atoms with van der Waals surface area (Å²) in [6.07, 6.45) is 3.17. The minimum atomic E-state index is -0.204. The van der Waals surface area contributed by atoms with Gasteiger partial charge in [0.15, 0.2) is 5.13 Å². The lowest BCUT2D eigenvalue weighted by Gasteiger charge is -2.15. The van der Waals surface area contributed by atoms with Gasteiger partial charge >= 0.3 is 0 Å². The zero-order valence-electron chi connectivity index (χ0n) is 15.7. The molecule has 0 aliphatic heterocycles. The number of carbonyl (C=O) groups is 1. The van der Waals surface area contributed by atoms with Gasteiger partial charge in [-0.25, -0.2) is 9.97 Å². The average Bonchev–Trinajstić information content (AvgIpc) is 3.03. The molecule has 0 radical (unpaired) electrons. The first-order chi connectivity index (χ1) is 13.0. The summed E-state index contributed by atoms with van der Waals surface area (Å²) in [7, 11) is 0. The molecule has 27 heavy (non-hydrogen) atoms. The summed E-state index contributed by atoms with van der Waals surface area (Å²) in [5, 5.41) is 3.58. The van der Waals surface area contributed by atoms with E-state index in [1.54, 1.807) is 41.0 Å². The largest absolute Gasteiger partial charge is 0.305 e. The molecule has 7 heteroatoms. The zero-order chi connectivity index (χ0) is 19.1. The van der Waals surface area contributed by atoms with E-state index >= 15 is 0 Å². The molecule has 6 nitrogen and oxygen atoms in total. The lowest BCUT2D eigenvalue weighted by molar-refractivity contribution is 0.102. The summed E-state index contributed by atoms with van der Waals surface area (Å²) < 4.78 is 1.68. The number of hydrogen-bond donors (Lipinski definition) is 1. The summed E-state index contributed by atoms with van der Waals surface area (Å²) in [6.45, 7) is 6.43. The van der Waals surface area contributed by atoms with Gasteiger partial charge in [0.05, 0.1) is 16.7 Å². The minimum absolute atomic E-state index is 0.0928. The fourth-order valence-electron chi connectivity index (χ4n) is 3.59. The van der Waals surface area contributed by atoms with Gasteiger partial charge in [0.25, 0.3) is 11.5 Å². The molecule has 1 amide bonds. The van der Waals surface area contributed by atoms with Gasteiger partial charge in [-0.15, -0.1) is 11.3 Å². The van der Waals surface area contributed by atoms with Crippen molar-refractivity contribution in [2.75, 3.05) is 5.32 Å². The molecule has 1 aliphatic rings. The Morgan fingerprint density at radius 2 is 2.19 bits per heavy atom. The van der Waals surface area contributed by atoms with Crippen LogP contribution in [0.3, 0.4) is 0 Å². The number of nitrogens with zero attached hydrogens (tertiary/aromatic N) is 3. The van der Waals surface area contributed by atoms with Crippen molar-refractivity contribution in [2.45, 2.75) is 46.6 Å². The van der Waals surface area contributed by atoms with Gasteiger partial charge in [-0.05, 0) is 57.2 Å². The molecule has 2 aromatic heterocycles. The summed E-state index contributed by atoms with van der Waals surface area (Å²) in [5.41, 5.74) is 3.36. The van der Waals surface area contributed by atoms with Crippen LogP contribution in [0.2, 0.25) is 0 Å². The van der Waals surface area contributed by atoms with Crippen LogP contribution >= 0.6 is 11.3 Å². The number of amides is 1. The van der Waals surface area contributed by atoms with E-state index in [4.69, 9.17) is 0 Å². The quantitative estimate of drug-likeness (QED) is 0.751. The Hall–Kier alpha value is -2.54. The number of nitrogens with one attached hydrogen (secondary N) is 1. The lowest BCUT2D eigenvalue weighted by atomic mass is 9.93. The number of thiazole rings is 1. The maximum absolute atomic E-state index is 12.7. The number of rotatable bonds is 3. The molecule has 1 aromatic carbocycles.